The topological polar surface area (TPSA) is 43.1 Å². The molecule has 2 nitrogen and oxygen atoms in total. The van der Waals surface area contributed by atoms with Crippen molar-refractivity contribution in [1.29, 1.82) is 0 Å². The molecule has 0 heterocycles. The van der Waals surface area contributed by atoms with Gasteiger partial charge in [0.2, 0.25) is 5.91 Å². The van der Waals surface area contributed by atoms with Gasteiger partial charge in [0, 0.05) is 13.6 Å². The van der Waals surface area contributed by atoms with Crippen LogP contribution in [0.1, 0.15) is 0 Å². The fourth-order valence-electron chi connectivity index (χ4n) is 0.727. The fourth-order valence-corrected chi connectivity index (χ4v) is 2.18. The lowest BCUT2D eigenvalue weighted by Crippen LogP contribution is -2.24. The monoisotopic (exact) mass is 157 g/mol. The third-order valence-electron chi connectivity index (χ3n) is 1.09. The molecule has 3 heteroatoms. The highest BCUT2D eigenvalue weighted by Crippen LogP contribution is 2.13. The molecule has 0 aromatic heterocycles. The number of hydrogen-bond acceptors (Lipinski definition) is 1. The van der Waals surface area contributed by atoms with E-state index in [4.69, 9.17) is 5.73 Å². The minimum absolute atomic E-state index is 0.359. The zero-order chi connectivity index (χ0) is 8.36. The summed E-state index contributed by atoms with van der Waals surface area (Å²) < 4.78 is 0. The SMILES string of the molecule is C=C(C[Si](C)(C)C)C(N)=O. The molecular weight excluding hydrogens is 142 g/mol. The molecular formula is C7H15NOSi. The van der Waals surface area contributed by atoms with Crippen molar-refractivity contribution in [1.82, 2.24) is 0 Å². The Bertz CT molecular complexity index is 157. The fraction of sp³-hybridized carbons (Fsp3) is 0.571. The molecule has 0 spiro atoms. The van der Waals surface area contributed by atoms with Crippen molar-refractivity contribution < 1.29 is 4.79 Å². The Morgan fingerprint density at radius 1 is 1.50 bits per heavy atom. The maximum atomic E-state index is 10.5. The second-order valence-electron chi connectivity index (χ2n) is 3.71. The minimum Gasteiger partial charge on any atom is -0.366 e. The minimum atomic E-state index is -1.18. The van der Waals surface area contributed by atoms with E-state index in [1.165, 1.54) is 0 Å². The standard InChI is InChI=1S/C7H15NOSi/c1-6(7(8)9)5-10(2,3)4/h1,5H2,2-4H3,(H2,8,9). The molecule has 0 aliphatic rings. The average Bonchev–Trinajstić information content (AvgIpc) is 1.60. The maximum Gasteiger partial charge on any atom is 0.243 e. The maximum absolute atomic E-state index is 10.5. The van der Waals surface area contributed by atoms with Gasteiger partial charge in [0.25, 0.3) is 0 Å². The highest BCUT2D eigenvalue weighted by atomic mass is 28.3. The van der Waals surface area contributed by atoms with Gasteiger partial charge >= 0.3 is 0 Å². The molecule has 0 saturated heterocycles. The van der Waals surface area contributed by atoms with E-state index in [9.17, 15) is 4.79 Å². The molecule has 0 aromatic carbocycles. The Hall–Kier alpha value is -0.573. The largest absolute Gasteiger partial charge is 0.366 e. The van der Waals surface area contributed by atoms with E-state index in [1.807, 2.05) is 0 Å². The number of nitrogens with two attached hydrogens (primary N) is 1. The first-order chi connectivity index (χ1) is 4.33. The van der Waals surface area contributed by atoms with E-state index >= 15 is 0 Å². The highest BCUT2D eigenvalue weighted by molar-refractivity contribution is 6.77. The molecule has 0 unspecified atom stereocenters. The van der Waals surface area contributed by atoms with Gasteiger partial charge in [0.1, 0.15) is 0 Å². The van der Waals surface area contributed by atoms with Crippen molar-refractivity contribution >= 4 is 14.0 Å². The normalized spacial score (nSPS) is 11.1. The quantitative estimate of drug-likeness (QED) is 0.488. The number of carbonyl (C=O) groups is 1. The zero-order valence-corrected chi connectivity index (χ0v) is 7.90. The molecule has 0 aromatic rings. The van der Waals surface area contributed by atoms with E-state index in [2.05, 4.69) is 26.2 Å². The summed E-state index contributed by atoms with van der Waals surface area (Å²) in [4.78, 5) is 10.5. The Kier molecular flexibility index (Phi) is 2.84. The third-order valence-corrected chi connectivity index (χ3v) is 2.58. The highest BCUT2D eigenvalue weighted by Gasteiger charge is 2.16. The molecule has 0 rings (SSSR count). The van der Waals surface area contributed by atoms with Crippen LogP contribution in [0.5, 0.6) is 0 Å². The van der Waals surface area contributed by atoms with Gasteiger partial charge in [-0.2, -0.15) is 0 Å². The first kappa shape index (κ1) is 9.43. The summed E-state index contributed by atoms with van der Waals surface area (Å²) in [6, 6.07) is 0.808. The van der Waals surface area contributed by atoms with Gasteiger partial charge in [0.05, 0.1) is 0 Å². The van der Waals surface area contributed by atoms with Gasteiger partial charge in [-0.05, 0) is 6.04 Å². The molecule has 58 valence electrons. The number of carbonyl (C=O) groups excluding carboxylic acids is 1. The van der Waals surface area contributed by atoms with Crippen LogP contribution < -0.4 is 5.73 Å². The second kappa shape index (κ2) is 3.01. The van der Waals surface area contributed by atoms with Gasteiger partial charge in [-0.3, -0.25) is 4.79 Å². The van der Waals surface area contributed by atoms with Crippen LogP contribution in [0.15, 0.2) is 12.2 Å². The molecule has 2 N–H and O–H groups in total. The summed E-state index contributed by atoms with van der Waals surface area (Å²) in [6.07, 6.45) is 0. The van der Waals surface area contributed by atoms with Gasteiger partial charge in [0.15, 0.2) is 0 Å². The number of amides is 1. The van der Waals surface area contributed by atoms with Crippen LogP contribution in [0, 0.1) is 0 Å². The summed E-state index contributed by atoms with van der Waals surface area (Å²) in [5.41, 5.74) is 5.60. The first-order valence-electron chi connectivity index (χ1n) is 3.30. The van der Waals surface area contributed by atoms with Crippen LogP contribution in [0.25, 0.3) is 0 Å². The Labute approximate surface area is 63.1 Å². The smallest absolute Gasteiger partial charge is 0.243 e. The molecule has 0 fully saturated rings. The second-order valence-corrected chi connectivity index (χ2v) is 9.18. The summed E-state index contributed by atoms with van der Waals surface area (Å²) >= 11 is 0. The van der Waals surface area contributed by atoms with Crippen LogP contribution in [-0.4, -0.2) is 14.0 Å². The predicted molar refractivity (Wildman–Crippen MR) is 46.5 cm³/mol. The molecule has 0 radical (unpaired) electrons. The molecule has 0 aliphatic carbocycles. The molecule has 10 heavy (non-hydrogen) atoms. The lowest BCUT2D eigenvalue weighted by atomic mass is 10.3. The van der Waals surface area contributed by atoms with Crippen LogP contribution in [0.2, 0.25) is 25.7 Å². The lowest BCUT2D eigenvalue weighted by Gasteiger charge is -2.15. The first-order valence-corrected chi connectivity index (χ1v) is 7.01. The molecule has 0 bridgehead atoms. The molecule has 1 amide bonds. The average molecular weight is 157 g/mol. The Morgan fingerprint density at radius 3 is 2.00 bits per heavy atom. The van der Waals surface area contributed by atoms with Crippen LogP contribution >= 0.6 is 0 Å². The number of primary amides is 1. The lowest BCUT2D eigenvalue weighted by molar-refractivity contribution is -0.114. The van der Waals surface area contributed by atoms with E-state index in [0.717, 1.165) is 6.04 Å². The van der Waals surface area contributed by atoms with Crippen molar-refractivity contribution in [2.45, 2.75) is 25.7 Å². The molecule has 0 atom stereocenters. The van der Waals surface area contributed by atoms with Gasteiger partial charge in [-0.15, -0.1) is 0 Å². The van der Waals surface area contributed by atoms with Crippen molar-refractivity contribution in [3.05, 3.63) is 12.2 Å². The van der Waals surface area contributed by atoms with Crippen molar-refractivity contribution in [2.24, 2.45) is 5.73 Å². The molecule has 0 saturated carbocycles. The van der Waals surface area contributed by atoms with E-state index in [0.29, 0.717) is 5.57 Å². The van der Waals surface area contributed by atoms with Gasteiger partial charge in [-0.1, -0.05) is 26.2 Å². The van der Waals surface area contributed by atoms with E-state index < -0.39 is 8.07 Å². The van der Waals surface area contributed by atoms with Crippen molar-refractivity contribution in [3.63, 3.8) is 0 Å². The summed E-state index contributed by atoms with van der Waals surface area (Å²) in [6.45, 7) is 10.1. The van der Waals surface area contributed by atoms with Gasteiger partial charge < -0.3 is 5.73 Å². The van der Waals surface area contributed by atoms with Crippen LogP contribution in [0.4, 0.5) is 0 Å². The molecule has 0 aliphatic heterocycles. The van der Waals surface area contributed by atoms with Crippen LogP contribution in [-0.2, 0) is 4.79 Å². The van der Waals surface area contributed by atoms with E-state index in [-0.39, 0.29) is 5.91 Å². The number of hydrogen-bond donors (Lipinski definition) is 1. The Morgan fingerprint density at radius 2 is 1.90 bits per heavy atom. The van der Waals surface area contributed by atoms with Crippen molar-refractivity contribution in [3.8, 4) is 0 Å². The summed E-state index contributed by atoms with van der Waals surface area (Å²) in [5.74, 6) is -0.359. The zero-order valence-electron chi connectivity index (χ0n) is 6.90. The Balaban J connectivity index is 3.93. The van der Waals surface area contributed by atoms with Gasteiger partial charge in [-0.25, -0.2) is 0 Å². The van der Waals surface area contributed by atoms with Crippen LogP contribution in [0.3, 0.4) is 0 Å². The van der Waals surface area contributed by atoms with E-state index in [1.54, 1.807) is 0 Å². The number of rotatable bonds is 3. The summed E-state index contributed by atoms with van der Waals surface area (Å²) in [7, 11) is -1.18. The summed E-state index contributed by atoms with van der Waals surface area (Å²) in [5, 5.41) is 0. The van der Waals surface area contributed by atoms with Crippen molar-refractivity contribution in [2.75, 3.05) is 0 Å². The third kappa shape index (κ3) is 4.32. The predicted octanol–water partition coefficient (Wildman–Crippen LogP) is 1.37.